The molecule has 0 amide bonds. The van der Waals surface area contributed by atoms with Gasteiger partial charge in [0.2, 0.25) is 0 Å². The number of amidine groups is 1. The van der Waals surface area contributed by atoms with E-state index in [0.717, 1.165) is 22.1 Å². The van der Waals surface area contributed by atoms with Gasteiger partial charge in [0.25, 0.3) is 10.0 Å². The summed E-state index contributed by atoms with van der Waals surface area (Å²) in [4.78, 5) is 0.250. The molecule has 0 atom stereocenters. The SMILES string of the molecule is CCc1ccccc1NC1=NS(=O)(=O)C(c2cccc(Br)c2)=C1C. The molecule has 2 aromatic rings. The summed E-state index contributed by atoms with van der Waals surface area (Å²) in [5, 5.41) is 3.18. The third-order valence-corrected chi connectivity index (χ3v) is 5.88. The number of nitrogens with zero attached hydrogens (tertiary/aromatic N) is 1. The fourth-order valence-electron chi connectivity index (χ4n) is 2.73. The highest BCUT2D eigenvalue weighted by Gasteiger charge is 2.31. The molecule has 1 heterocycles. The summed E-state index contributed by atoms with van der Waals surface area (Å²) in [6, 6.07) is 15.1. The first kappa shape index (κ1) is 16.9. The Labute approximate surface area is 150 Å². The van der Waals surface area contributed by atoms with Crippen LogP contribution in [0.3, 0.4) is 0 Å². The second-order valence-corrected chi connectivity index (χ2v) is 7.97. The average Bonchev–Trinajstić information content (AvgIpc) is 2.76. The van der Waals surface area contributed by atoms with Crippen molar-refractivity contribution in [1.29, 1.82) is 0 Å². The van der Waals surface area contributed by atoms with E-state index in [2.05, 4.69) is 32.6 Å². The van der Waals surface area contributed by atoms with E-state index in [1.165, 1.54) is 0 Å². The molecule has 0 bridgehead atoms. The van der Waals surface area contributed by atoms with Crippen molar-refractivity contribution in [1.82, 2.24) is 0 Å². The molecule has 0 aliphatic carbocycles. The number of hydrogen-bond acceptors (Lipinski definition) is 3. The Hall–Kier alpha value is -1.92. The summed E-state index contributed by atoms with van der Waals surface area (Å²) in [5.74, 6) is 0.380. The summed E-state index contributed by atoms with van der Waals surface area (Å²) < 4.78 is 29.9. The van der Waals surface area contributed by atoms with Gasteiger partial charge in [0.1, 0.15) is 10.7 Å². The van der Waals surface area contributed by atoms with E-state index < -0.39 is 10.0 Å². The fourth-order valence-corrected chi connectivity index (χ4v) is 4.55. The largest absolute Gasteiger partial charge is 0.339 e. The summed E-state index contributed by atoms with van der Waals surface area (Å²) in [5.41, 5.74) is 3.25. The van der Waals surface area contributed by atoms with Gasteiger partial charge in [0.05, 0.1) is 0 Å². The normalized spacial score (nSPS) is 16.2. The van der Waals surface area contributed by atoms with Crippen LogP contribution in [0.5, 0.6) is 0 Å². The van der Waals surface area contributed by atoms with E-state index >= 15 is 0 Å². The van der Waals surface area contributed by atoms with E-state index in [0.29, 0.717) is 17.0 Å². The van der Waals surface area contributed by atoms with Gasteiger partial charge in [-0.25, -0.2) is 0 Å². The molecule has 0 radical (unpaired) electrons. The Balaban J connectivity index is 2.05. The Morgan fingerprint density at radius 2 is 1.88 bits per heavy atom. The lowest BCUT2D eigenvalue weighted by molar-refractivity contribution is 0.608. The molecule has 6 heteroatoms. The van der Waals surface area contributed by atoms with Crippen molar-refractivity contribution in [3.05, 3.63) is 69.7 Å². The Bertz CT molecular complexity index is 962. The number of nitrogens with one attached hydrogen (secondary N) is 1. The topological polar surface area (TPSA) is 58.5 Å². The van der Waals surface area contributed by atoms with Crippen LogP contribution in [-0.4, -0.2) is 14.3 Å². The van der Waals surface area contributed by atoms with Crippen molar-refractivity contribution in [3.63, 3.8) is 0 Å². The maximum atomic E-state index is 12.5. The van der Waals surface area contributed by atoms with Gasteiger partial charge in [0.15, 0.2) is 0 Å². The highest BCUT2D eigenvalue weighted by atomic mass is 79.9. The first-order chi connectivity index (χ1) is 11.4. The van der Waals surface area contributed by atoms with Crippen molar-refractivity contribution in [3.8, 4) is 0 Å². The maximum absolute atomic E-state index is 12.5. The first-order valence-electron chi connectivity index (χ1n) is 7.59. The summed E-state index contributed by atoms with van der Waals surface area (Å²) in [7, 11) is -3.71. The van der Waals surface area contributed by atoms with Crippen LogP contribution < -0.4 is 5.32 Å². The quantitative estimate of drug-likeness (QED) is 0.812. The highest BCUT2D eigenvalue weighted by molar-refractivity contribution is 9.10. The summed E-state index contributed by atoms with van der Waals surface area (Å²) >= 11 is 3.38. The zero-order chi connectivity index (χ0) is 17.3. The number of sulfonamides is 1. The number of anilines is 1. The Kier molecular flexibility index (Phi) is 4.60. The van der Waals surface area contributed by atoms with Crippen LogP contribution >= 0.6 is 15.9 Å². The minimum Gasteiger partial charge on any atom is -0.339 e. The lowest BCUT2D eigenvalue weighted by atomic mass is 10.1. The van der Waals surface area contributed by atoms with Gasteiger partial charge < -0.3 is 5.32 Å². The third-order valence-electron chi connectivity index (χ3n) is 3.90. The summed E-state index contributed by atoms with van der Waals surface area (Å²) in [6.45, 7) is 3.84. The van der Waals surface area contributed by atoms with Crippen molar-refractivity contribution in [2.45, 2.75) is 20.3 Å². The molecule has 0 saturated carbocycles. The molecule has 0 saturated heterocycles. The molecular formula is C18H17BrN2O2S. The Morgan fingerprint density at radius 3 is 2.58 bits per heavy atom. The maximum Gasteiger partial charge on any atom is 0.285 e. The van der Waals surface area contributed by atoms with Crippen LogP contribution in [0.25, 0.3) is 4.91 Å². The predicted octanol–water partition coefficient (Wildman–Crippen LogP) is 4.60. The van der Waals surface area contributed by atoms with E-state index in [1.54, 1.807) is 19.1 Å². The molecule has 1 aliphatic rings. The molecule has 3 rings (SSSR count). The fraction of sp³-hybridized carbons (Fsp3) is 0.167. The third kappa shape index (κ3) is 3.16. The molecule has 0 fully saturated rings. The minimum absolute atomic E-state index is 0.250. The van der Waals surface area contributed by atoms with E-state index in [1.807, 2.05) is 36.4 Å². The molecule has 2 aromatic carbocycles. The molecule has 24 heavy (non-hydrogen) atoms. The monoisotopic (exact) mass is 404 g/mol. The molecule has 1 N–H and O–H groups in total. The lowest BCUT2D eigenvalue weighted by Crippen LogP contribution is -2.12. The number of aryl methyl sites for hydroxylation is 1. The highest BCUT2D eigenvalue weighted by Crippen LogP contribution is 2.34. The second-order valence-electron chi connectivity index (χ2n) is 5.52. The molecule has 1 aliphatic heterocycles. The zero-order valence-corrected chi connectivity index (χ0v) is 15.8. The van der Waals surface area contributed by atoms with Gasteiger partial charge in [-0.05, 0) is 42.7 Å². The number of benzene rings is 2. The average molecular weight is 405 g/mol. The summed E-state index contributed by atoms with van der Waals surface area (Å²) in [6.07, 6.45) is 0.852. The smallest absolute Gasteiger partial charge is 0.285 e. The van der Waals surface area contributed by atoms with E-state index in [9.17, 15) is 8.42 Å². The standard InChI is InChI=1S/C18H17BrN2O2S/c1-3-13-7-4-5-10-16(13)20-18-12(2)17(24(22,23)21-18)14-8-6-9-15(19)11-14/h4-11H,3H2,1-2H3,(H,20,21). The second kappa shape index (κ2) is 6.53. The van der Waals surface area contributed by atoms with Gasteiger partial charge in [0, 0.05) is 15.7 Å². The van der Waals surface area contributed by atoms with Crippen LogP contribution in [0, 0.1) is 0 Å². The molecule has 124 valence electrons. The number of hydrogen-bond donors (Lipinski definition) is 1. The first-order valence-corrected chi connectivity index (χ1v) is 9.83. The lowest BCUT2D eigenvalue weighted by Gasteiger charge is -2.11. The van der Waals surface area contributed by atoms with Crippen molar-refractivity contribution >= 4 is 42.4 Å². The van der Waals surface area contributed by atoms with Crippen LogP contribution in [0.15, 0.2) is 63.0 Å². The Morgan fingerprint density at radius 1 is 1.12 bits per heavy atom. The van der Waals surface area contributed by atoms with Crippen LogP contribution in [0.2, 0.25) is 0 Å². The number of rotatable bonds is 3. The van der Waals surface area contributed by atoms with Crippen molar-refractivity contribution in [2.24, 2.45) is 4.40 Å². The molecule has 0 spiro atoms. The van der Waals surface area contributed by atoms with Crippen molar-refractivity contribution < 1.29 is 8.42 Å². The van der Waals surface area contributed by atoms with Crippen molar-refractivity contribution in [2.75, 3.05) is 5.32 Å². The number of halogens is 1. The van der Waals surface area contributed by atoms with Crippen LogP contribution in [-0.2, 0) is 16.4 Å². The van der Waals surface area contributed by atoms with Gasteiger partial charge in [-0.15, -0.1) is 4.40 Å². The molecule has 0 aromatic heterocycles. The van der Waals surface area contributed by atoms with Gasteiger partial charge >= 0.3 is 0 Å². The van der Waals surface area contributed by atoms with Gasteiger partial charge in [-0.2, -0.15) is 8.42 Å². The van der Waals surface area contributed by atoms with E-state index in [4.69, 9.17) is 0 Å². The zero-order valence-electron chi connectivity index (χ0n) is 13.4. The van der Waals surface area contributed by atoms with Crippen LogP contribution in [0.4, 0.5) is 5.69 Å². The van der Waals surface area contributed by atoms with Crippen LogP contribution in [0.1, 0.15) is 25.0 Å². The molecule has 4 nitrogen and oxygen atoms in total. The predicted molar refractivity (Wildman–Crippen MR) is 103 cm³/mol. The van der Waals surface area contributed by atoms with Gasteiger partial charge in [-0.3, -0.25) is 0 Å². The molecular weight excluding hydrogens is 388 g/mol. The van der Waals surface area contributed by atoms with E-state index in [-0.39, 0.29) is 4.91 Å². The number of para-hydroxylation sites is 1. The van der Waals surface area contributed by atoms with Gasteiger partial charge in [-0.1, -0.05) is 53.2 Å². The minimum atomic E-state index is -3.71. The molecule has 0 unspecified atom stereocenters.